The lowest BCUT2D eigenvalue weighted by atomic mass is 9.82. The van der Waals surface area contributed by atoms with Crippen molar-refractivity contribution in [3.63, 3.8) is 0 Å². The van der Waals surface area contributed by atoms with Crippen LogP contribution in [-0.4, -0.2) is 47.9 Å². The van der Waals surface area contributed by atoms with Crippen LogP contribution in [0.4, 0.5) is 20.6 Å². The Bertz CT molecular complexity index is 816. The number of anilines is 2. The maximum Gasteiger partial charge on any atom is 0.325 e. The monoisotopic (exact) mass is 402 g/mol. The highest BCUT2D eigenvalue weighted by molar-refractivity contribution is 6.07. The molecule has 2 heterocycles. The van der Waals surface area contributed by atoms with Crippen LogP contribution in [0.15, 0.2) is 18.2 Å². The molecule has 156 valence electrons. The summed E-state index contributed by atoms with van der Waals surface area (Å²) in [6.45, 7) is 1.65. The van der Waals surface area contributed by atoms with Crippen molar-refractivity contribution in [1.82, 2.24) is 10.2 Å². The van der Waals surface area contributed by atoms with E-state index < -0.39 is 23.3 Å². The third-order valence-corrected chi connectivity index (χ3v) is 6.22. The first-order valence-electron chi connectivity index (χ1n) is 10.5. The smallest absolute Gasteiger partial charge is 0.325 e. The number of urea groups is 1. The molecule has 0 radical (unpaired) electrons. The molecule has 4 rings (SSSR count). The van der Waals surface area contributed by atoms with E-state index in [1.807, 2.05) is 0 Å². The van der Waals surface area contributed by atoms with Crippen LogP contribution >= 0.6 is 0 Å². The quantitative estimate of drug-likeness (QED) is 0.742. The Morgan fingerprint density at radius 2 is 1.83 bits per heavy atom. The minimum absolute atomic E-state index is 0.00818. The van der Waals surface area contributed by atoms with E-state index in [1.54, 1.807) is 12.1 Å². The molecule has 0 bridgehead atoms. The molecule has 2 saturated heterocycles. The predicted molar refractivity (Wildman–Crippen MR) is 107 cm³/mol. The van der Waals surface area contributed by atoms with Crippen molar-refractivity contribution in [2.24, 2.45) is 0 Å². The number of nitrogens with one attached hydrogen (secondary N) is 2. The summed E-state index contributed by atoms with van der Waals surface area (Å²) in [5.41, 5.74) is 0.0487. The van der Waals surface area contributed by atoms with Crippen molar-refractivity contribution >= 4 is 29.2 Å². The number of rotatable bonds is 5. The maximum absolute atomic E-state index is 14.4. The lowest BCUT2D eigenvalue weighted by Gasteiger charge is -2.30. The van der Waals surface area contributed by atoms with Gasteiger partial charge in [-0.3, -0.25) is 14.5 Å². The summed E-state index contributed by atoms with van der Waals surface area (Å²) in [7, 11) is 0. The normalized spacial score (nSPS) is 21.0. The Morgan fingerprint density at radius 3 is 2.55 bits per heavy atom. The van der Waals surface area contributed by atoms with Gasteiger partial charge in [-0.1, -0.05) is 25.3 Å². The van der Waals surface area contributed by atoms with E-state index in [0.717, 1.165) is 50.1 Å². The fraction of sp³-hybridized carbons (Fsp3) is 0.571. The summed E-state index contributed by atoms with van der Waals surface area (Å²) in [6, 6.07) is 4.32. The summed E-state index contributed by atoms with van der Waals surface area (Å²) in [5.74, 6) is -1.14. The van der Waals surface area contributed by atoms with E-state index in [-0.39, 0.29) is 24.6 Å². The van der Waals surface area contributed by atoms with E-state index in [9.17, 15) is 18.8 Å². The third kappa shape index (κ3) is 3.80. The maximum atomic E-state index is 14.4. The highest BCUT2D eigenvalue weighted by Crippen LogP contribution is 2.34. The fourth-order valence-corrected chi connectivity index (χ4v) is 4.65. The van der Waals surface area contributed by atoms with Crippen LogP contribution in [0.5, 0.6) is 0 Å². The number of halogens is 1. The van der Waals surface area contributed by atoms with Gasteiger partial charge in [0.25, 0.3) is 5.91 Å². The summed E-state index contributed by atoms with van der Waals surface area (Å²) in [6.07, 6.45) is 6.19. The number of hydrogen-bond acceptors (Lipinski definition) is 4. The molecule has 1 saturated carbocycles. The van der Waals surface area contributed by atoms with Gasteiger partial charge in [0, 0.05) is 26.1 Å². The molecule has 1 aliphatic carbocycles. The van der Waals surface area contributed by atoms with Crippen LogP contribution in [-0.2, 0) is 9.59 Å². The molecule has 0 atom stereocenters. The number of benzene rings is 1. The van der Waals surface area contributed by atoms with Gasteiger partial charge in [-0.15, -0.1) is 0 Å². The van der Waals surface area contributed by atoms with Crippen LogP contribution in [0, 0.1) is 5.82 Å². The third-order valence-electron chi connectivity index (χ3n) is 6.22. The van der Waals surface area contributed by atoms with E-state index in [2.05, 4.69) is 15.5 Å². The Morgan fingerprint density at radius 1 is 1.10 bits per heavy atom. The molecule has 3 aliphatic rings. The van der Waals surface area contributed by atoms with E-state index >= 15 is 0 Å². The van der Waals surface area contributed by atoms with E-state index in [4.69, 9.17) is 0 Å². The van der Waals surface area contributed by atoms with Gasteiger partial charge >= 0.3 is 6.03 Å². The van der Waals surface area contributed by atoms with Crippen molar-refractivity contribution in [3.8, 4) is 0 Å². The van der Waals surface area contributed by atoms with E-state index in [1.165, 1.54) is 6.07 Å². The molecule has 1 aromatic carbocycles. The van der Waals surface area contributed by atoms with Gasteiger partial charge in [-0.2, -0.15) is 0 Å². The molecule has 1 aromatic rings. The second kappa shape index (κ2) is 8.00. The van der Waals surface area contributed by atoms with Crippen molar-refractivity contribution < 1.29 is 18.8 Å². The van der Waals surface area contributed by atoms with Gasteiger partial charge in [0.1, 0.15) is 17.0 Å². The number of nitrogens with zero attached hydrogens (tertiary/aromatic N) is 2. The van der Waals surface area contributed by atoms with Crippen molar-refractivity contribution in [1.29, 1.82) is 0 Å². The predicted octanol–water partition coefficient (Wildman–Crippen LogP) is 3.01. The van der Waals surface area contributed by atoms with Crippen LogP contribution in [0.3, 0.4) is 0 Å². The molecule has 4 amide bonds. The van der Waals surface area contributed by atoms with Gasteiger partial charge in [-0.05, 0) is 37.8 Å². The second-order valence-corrected chi connectivity index (χ2v) is 8.16. The SMILES string of the molecule is O=C(CCN1C(=O)NC2(CCCCC2)C1=O)Nc1c(F)cccc1N1CCCC1. The molecule has 0 unspecified atom stereocenters. The number of hydrogen-bond donors (Lipinski definition) is 2. The lowest BCUT2D eigenvalue weighted by molar-refractivity contribution is -0.132. The van der Waals surface area contributed by atoms with Gasteiger partial charge < -0.3 is 15.5 Å². The molecule has 8 heteroatoms. The summed E-state index contributed by atoms with van der Waals surface area (Å²) < 4.78 is 14.4. The molecule has 3 fully saturated rings. The number of imide groups is 1. The van der Waals surface area contributed by atoms with Gasteiger partial charge in [-0.25, -0.2) is 9.18 Å². The van der Waals surface area contributed by atoms with Gasteiger partial charge in [0.15, 0.2) is 0 Å². The number of carbonyl (C=O) groups is 3. The molecule has 2 N–H and O–H groups in total. The van der Waals surface area contributed by atoms with Crippen molar-refractivity contribution in [2.75, 3.05) is 29.9 Å². The topological polar surface area (TPSA) is 81.8 Å². The molecule has 2 aliphatic heterocycles. The highest BCUT2D eigenvalue weighted by atomic mass is 19.1. The zero-order valence-electron chi connectivity index (χ0n) is 16.5. The van der Waals surface area contributed by atoms with Crippen LogP contribution in [0.25, 0.3) is 0 Å². The zero-order chi connectivity index (χ0) is 20.4. The molecule has 0 aromatic heterocycles. The Kier molecular flexibility index (Phi) is 5.43. The minimum atomic E-state index is -0.791. The number of para-hydroxylation sites is 1. The first kappa shape index (κ1) is 19.7. The largest absolute Gasteiger partial charge is 0.370 e. The van der Waals surface area contributed by atoms with Crippen molar-refractivity contribution in [2.45, 2.75) is 56.9 Å². The van der Waals surface area contributed by atoms with E-state index in [0.29, 0.717) is 18.5 Å². The fourth-order valence-electron chi connectivity index (χ4n) is 4.65. The number of carbonyl (C=O) groups excluding carboxylic acids is 3. The first-order chi connectivity index (χ1) is 14.0. The first-order valence-corrected chi connectivity index (χ1v) is 10.5. The Labute approximate surface area is 169 Å². The molecular formula is C21H27FN4O3. The standard InChI is InChI=1S/C21H27FN4O3/c22-15-7-6-8-16(25-12-4-5-13-25)18(15)23-17(27)9-14-26-19(28)21(24-20(26)29)10-2-1-3-11-21/h6-8H,1-5,9-14H2,(H,23,27)(H,24,29). The molecule has 7 nitrogen and oxygen atoms in total. The Hall–Kier alpha value is -2.64. The average Bonchev–Trinajstić information content (AvgIpc) is 3.31. The average molecular weight is 402 g/mol. The van der Waals surface area contributed by atoms with Gasteiger partial charge in [0.2, 0.25) is 5.91 Å². The lowest BCUT2D eigenvalue weighted by Crippen LogP contribution is -2.48. The Balaban J connectivity index is 1.40. The zero-order valence-corrected chi connectivity index (χ0v) is 16.5. The molecule has 29 heavy (non-hydrogen) atoms. The van der Waals surface area contributed by atoms with Crippen LogP contribution < -0.4 is 15.5 Å². The van der Waals surface area contributed by atoms with Crippen LogP contribution in [0.2, 0.25) is 0 Å². The van der Waals surface area contributed by atoms with Crippen LogP contribution in [0.1, 0.15) is 51.4 Å². The number of amides is 4. The minimum Gasteiger partial charge on any atom is -0.370 e. The summed E-state index contributed by atoms with van der Waals surface area (Å²) in [4.78, 5) is 40.8. The summed E-state index contributed by atoms with van der Waals surface area (Å²) >= 11 is 0. The highest BCUT2D eigenvalue weighted by Gasteiger charge is 2.51. The van der Waals surface area contributed by atoms with Crippen molar-refractivity contribution in [3.05, 3.63) is 24.0 Å². The molecule has 1 spiro atoms. The molecular weight excluding hydrogens is 375 g/mol. The second-order valence-electron chi connectivity index (χ2n) is 8.16. The summed E-state index contributed by atoms with van der Waals surface area (Å²) in [5, 5.41) is 5.49. The van der Waals surface area contributed by atoms with Gasteiger partial charge in [0.05, 0.1) is 5.69 Å².